The molecule has 0 aliphatic rings. The monoisotopic (exact) mass is 395 g/mol. The number of rotatable bonds is 6. The summed E-state index contributed by atoms with van der Waals surface area (Å²) < 4.78 is 1.67. The molecular weight excluding hydrogens is 370 g/mol. The molecule has 0 saturated carbocycles. The second kappa shape index (κ2) is 8.56. The molecule has 0 unspecified atom stereocenters. The van der Waals surface area contributed by atoms with E-state index in [1.807, 2.05) is 32.9 Å². The van der Waals surface area contributed by atoms with E-state index in [0.717, 1.165) is 22.4 Å². The Bertz CT molecular complexity index is 978. The average molecular weight is 396 g/mol. The molecule has 1 heterocycles. The Balaban J connectivity index is 1.64. The van der Waals surface area contributed by atoms with Crippen molar-refractivity contribution in [3.8, 4) is 5.69 Å². The Labute approximate surface area is 169 Å². The van der Waals surface area contributed by atoms with Crippen molar-refractivity contribution in [3.05, 3.63) is 64.2 Å². The van der Waals surface area contributed by atoms with Crippen molar-refractivity contribution in [2.45, 2.75) is 45.8 Å². The fourth-order valence-corrected chi connectivity index (χ4v) is 3.74. The Hall–Kier alpha value is -2.67. The predicted octanol–water partition coefficient (Wildman–Crippen LogP) is 3.87. The van der Waals surface area contributed by atoms with Gasteiger partial charge in [0.05, 0.1) is 17.5 Å². The number of amides is 1. The van der Waals surface area contributed by atoms with Crippen LogP contribution < -0.4 is 5.32 Å². The summed E-state index contributed by atoms with van der Waals surface area (Å²) in [6.07, 6.45) is 0. The minimum absolute atomic E-state index is 0.0503. The molecule has 0 fully saturated rings. The first-order chi connectivity index (χ1) is 13.3. The summed E-state index contributed by atoms with van der Waals surface area (Å²) in [5, 5.41) is 15.6. The fourth-order valence-electron chi connectivity index (χ4n) is 3.03. The molecule has 28 heavy (non-hydrogen) atoms. The van der Waals surface area contributed by atoms with Crippen LogP contribution in [-0.4, -0.2) is 31.9 Å². The van der Waals surface area contributed by atoms with E-state index in [0.29, 0.717) is 5.16 Å². The molecule has 7 heteroatoms. The third-order valence-corrected chi connectivity index (χ3v) is 5.55. The van der Waals surface area contributed by atoms with E-state index in [1.165, 1.54) is 22.9 Å². The lowest BCUT2D eigenvalue weighted by Gasteiger charge is -2.15. The molecule has 0 bridgehead atoms. The lowest BCUT2D eigenvalue weighted by Crippen LogP contribution is -2.28. The minimum atomic E-state index is -0.0529. The zero-order chi connectivity index (χ0) is 20.3. The second-order valence-electron chi connectivity index (χ2n) is 7.14. The lowest BCUT2D eigenvalue weighted by molar-refractivity contribution is -0.119. The van der Waals surface area contributed by atoms with Gasteiger partial charge >= 0.3 is 0 Å². The van der Waals surface area contributed by atoms with Crippen LogP contribution >= 0.6 is 11.8 Å². The molecule has 1 amide bonds. The summed E-state index contributed by atoms with van der Waals surface area (Å²) in [4.78, 5) is 12.4. The Morgan fingerprint density at radius 2 is 1.79 bits per heavy atom. The summed E-state index contributed by atoms with van der Waals surface area (Å²) in [6.45, 7) is 10.2. The van der Waals surface area contributed by atoms with Crippen LogP contribution in [0.25, 0.3) is 5.69 Å². The maximum absolute atomic E-state index is 12.4. The molecule has 1 atom stereocenters. The van der Waals surface area contributed by atoms with Crippen molar-refractivity contribution in [1.29, 1.82) is 0 Å². The number of nitrogens with one attached hydrogen (secondary N) is 1. The highest BCUT2D eigenvalue weighted by Crippen LogP contribution is 2.21. The number of hydrogen-bond acceptors (Lipinski definition) is 5. The quantitative estimate of drug-likeness (QED) is 0.642. The number of aromatic nitrogens is 4. The van der Waals surface area contributed by atoms with Gasteiger partial charge in [-0.2, -0.15) is 4.68 Å². The molecule has 2 aromatic carbocycles. The number of carbonyl (C=O) groups excluding carboxylic acids is 1. The zero-order valence-electron chi connectivity index (χ0n) is 16.9. The maximum atomic E-state index is 12.4. The third kappa shape index (κ3) is 4.78. The minimum Gasteiger partial charge on any atom is -0.349 e. The highest BCUT2D eigenvalue weighted by molar-refractivity contribution is 7.99. The van der Waals surface area contributed by atoms with E-state index in [-0.39, 0.29) is 17.7 Å². The first-order valence-electron chi connectivity index (χ1n) is 9.20. The van der Waals surface area contributed by atoms with E-state index in [9.17, 15) is 4.79 Å². The van der Waals surface area contributed by atoms with Crippen LogP contribution in [0.2, 0.25) is 0 Å². The van der Waals surface area contributed by atoms with E-state index in [1.54, 1.807) is 4.68 Å². The molecule has 146 valence electrons. The topological polar surface area (TPSA) is 72.7 Å². The van der Waals surface area contributed by atoms with Gasteiger partial charge in [0.15, 0.2) is 0 Å². The number of carbonyl (C=O) groups is 1. The van der Waals surface area contributed by atoms with Gasteiger partial charge in [-0.25, -0.2) is 0 Å². The number of nitrogens with zero attached hydrogens (tertiary/aromatic N) is 4. The Morgan fingerprint density at radius 3 is 2.46 bits per heavy atom. The summed E-state index contributed by atoms with van der Waals surface area (Å²) in [5.74, 6) is 0.200. The van der Waals surface area contributed by atoms with Gasteiger partial charge in [0.2, 0.25) is 11.1 Å². The van der Waals surface area contributed by atoms with Crippen molar-refractivity contribution < 1.29 is 4.79 Å². The van der Waals surface area contributed by atoms with Crippen molar-refractivity contribution in [2.24, 2.45) is 0 Å². The van der Waals surface area contributed by atoms with Crippen LogP contribution in [0.5, 0.6) is 0 Å². The standard InChI is InChI=1S/C21H25N5OS/c1-13-8-14(2)10-19(9-13)26-21(23-24-25-26)28-12-20(27)22-17(5)18-7-6-15(3)16(4)11-18/h6-11,17H,12H2,1-5H3,(H,22,27)/t17-/m1/s1. The van der Waals surface area contributed by atoms with Crippen LogP contribution in [0, 0.1) is 27.7 Å². The second-order valence-corrected chi connectivity index (χ2v) is 8.08. The highest BCUT2D eigenvalue weighted by atomic mass is 32.2. The first-order valence-corrected chi connectivity index (χ1v) is 10.2. The van der Waals surface area contributed by atoms with E-state index >= 15 is 0 Å². The summed E-state index contributed by atoms with van der Waals surface area (Å²) in [5.41, 5.74) is 6.75. The molecule has 0 aliphatic heterocycles. The van der Waals surface area contributed by atoms with Crippen LogP contribution in [-0.2, 0) is 4.79 Å². The van der Waals surface area contributed by atoms with Gasteiger partial charge in [-0.3, -0.25) is 4.79 Å². The van der Waals surface area contributed by atoms with Crippen LogP contribution in [0.3, 0.4) is 0 Å². The molecule has 0 aliphatic carbocycles. The molecule has 0 radical (unpaired) electrons. The smallest absolute Gasteiger partial charge is 0.230 e. The predicted molar refractivity (Wildman–Crippen MR) is 112 cm³/mol. The number of hydrogen-bond donors (Lipinski definition) is 1. The number of aryl methyl sites for hydroxylation is 4. The summed E-state index contributed by atoms with van der Waals surface area (Å²) in [6, 6.07) is 12.4. The first kappa shape index (κ1) is 20.1. The van der Waals surface area contributed by atoms with Crippen molar-refractivity contribution in [3.63, 3.8) is 0 Å². The fraction of sp³-hybridized carbons (Fsp3) is 0.333. The Kier molecular flexibility index (Phi) is 6.14. The SMILES string of the molecule is Cc1cc(C)cc(-n2nnnc2SCC(=O)N[C@H](C)c2ccc(C)c(C)c2)c1. The highest BCUT2D eigenvalue weighted by Gasteiger charge is 2.14. The van der Waals surface area contributed by atoms with Crippen LogP contribution in [0.1, 0.15) is 40.8 Å². The van der Waals surface area contributed by atoms with Crippen molar-refractivity contribution >= 4 is 17.7 Å². The summed E-state index contributed by atoms with van der Waals surface area (Å²) in [7, 11) is 0. The molecule has 0 spiro atoms. The van der Waals surface area contributed by atoms with E-state index < -0.39 is 0 Å². The molecule has 1 aromatic heterocycles. The van der Waals surface area contributed by atoms with Gasteiger partial charge in [0.25, 0.3) is 0 Å². The van der Waals surface area contributed by atoms with Crippen LogP contribution in [0.4, 0.5) is 0 Å². The summed E-state index contributed by atoms with van der Waals surface area (Å²) >= 11 is 1.33. The molecule has 6 nitrogen and oxygen atoms in total. The van der Waals surface area contributed by atoms with Gasteiger partial charge in [-0.15, -0.1) is 5.10 Å². The third-order valence-electron chi connectivity index (χ3n) is 4.63. The van der Waals surface area contributed by atoms with Crippen molar-refractivity contribution in [2.75, 3.05) is 5.75 Å². The van der Waals surface area contributed by atoms with Gasteiger partial charge in [-0.1, -0.05) is 36.0 Å². The van der Waals surface area contributed by atoms with E-state index in [2.05, 4.69) is 59.0 Å². The normalized spacial score (nSPS) is 12.0. The number of benzene rings is 2. The molecule has 0 saturated heterocycles. The Morgan fingerprint density at radius 1 is 1.07 bits per heavy atom. The molecule has 3 aromatic rings. The zero-order valence-corrected chi connectivity index (χ0v) is 17.7. The van der Waals surface area contributed by atoms with Gasteiger partial charge in [0, 0.05) is 0 Å². The largest absolute Gasteiger partial charge is 0.349 e. The molecule has 3 rings (SSSR count). The van der Waals surface area contributed by atoms with Crippen LogP contribution in [0.15, 0.2) is 41.6 Å². The molecule has 1 N–H and O–H groups in total. The van der Waals surface area contributed by atoms with E-state index in [4.69, 9.17) is 0 Å². The van der Waals surface area contributed by atoms with Crippen molar-refractivity contribution in [1.82, 2.24) is 25.5 Å². The van der Waals surface area contributed by atoms with Gasteiger partial charge in [-0.05, 0) is 85.0 Å². The number of thioether (sulfide) groups is 1. The number of tetrazole rings is 1. The van der Waals surface area contributed by atoms with Gasteiger partial charge < -0.3 is 5.32 Å². The average Bonchev–Trinajstić information content (AvgIpc) is 3.10. The maximum Gasteiger partial charge on any atom is 0.230 e. The molecular formula is C21H25N5OS. The lowest BCUT2D eigenvalue weighted by atomic mass is 10.0. The van der Waals surface area contributed by atoms with Gasteiger partial charge in [0.1, 0.15) is 0 Å².